The van der Waals surface area contributed by atoms with Gasteiger partial charge in [-0.05, 0) is 49.7 Å². The number of alkyl halides is 1. The Labute approximate surface area is 231 Å². The molecule has 9 heteroatoms. The van der Waals surface area contributed by atoms with E-state index in [4.69, 9.17) is 9.47 Å². The molecule has 3 heterocycles. The zero-order valence-corrected chi connectivity index (χ0v) is 22.4. The molecular formula is C31H29FN4O4. The van der Waals surface area contributed by atoms with Crippen LogP contribution in [0.1, 0.15) is 31.9 Å². The zero-order valence-electron chi connectivity index (χ0n) is 22.4. The molecule has 0 fully saturated rings. The van der Waals surface area contributed by atoms with E-state index < -0.39 is 12.1 Å². The van der Waals surface area contributed by atoms with Gasteiger partial charge in [-0.15, -0.1) is 0 Å². The minimum atomic E-state index is -1.15. The van der Waals surface area contributed by atoms with Gasteiger partial charge in [0.15, 0.2) is 5.78 Å². The van der Waals surface area contributed by atoms with Crippen LogP contribution in [-0.4, -0.2) is 46.4 Å². The molecule has 0 bridgehead atoms. The van der Waals surface area contributed by atoms with Gasteiger partial charge < -0.3 is 19.7 Å². The first-order chi connectivity index (χ1) is 19.3. The summed E-state index contributed by atoms with van der Waals surface area (Å²) in [4.78, 5) is 36.9. The lowest BCUT2D eigenvalue weighted by molar-refractivity contribution is -0.122. The molecule has 2 atom stereocenters. The number of hydrogen-bond donors (Lipinski definition) is 1. The summed E-state index contributed by atoms with van der Waals surface area (Å²) in [5.41, 5.74) is 2.07. The molecule has 2 aromatic carbocycles. The van der Waals surface area contributed by atoms with Gasteiger partial charge in [-0.25, -0.2) is 9.37 Å². The van der Waals surface area contributed by atoms with Crippen LogP contribution in [0.15, 0.2) is 90.4 Å². The number of nitrogens with one attached hydrogen (secondary N) is 1. The maximum absolute atomic E-state index is 14.2. The van der Waals surface area contributed by atoms with Gasteiger partial charge in [-0.3, -0.25) is 14.6 Å². The highest BCUT2D eigenvalue weighted by molar-refractivity contribution is 6.24. The smallest absolute Gasteiger partial charge is 0.262 e. The van der Waals surface area contributed by atoms with Crippen molar-refractivity contribution in [3.05, 3.63) is 96.0 Å². The van der Waals surface area contributed by atoms with Crippen LogP contribution in [0.2, 0.25) is 0 Å². The summed E-state index contributed by atoms with van der Waals surface area (Å²) in [6.45, 7) is 3.21. The highest BCUT2D eigenvalue weighted by Crippen LogP contribution is 2.36. The number of carbonyl (C=O) groups excluding carboxylic acids is 2. The molecule has 0 spiro atoms. The van der Waals surface area contributed by atoms with E-state index in [1.807, 2.05) is 48.5 Å². The lowest BCUT2D eigenvalue weighted by Crippen LogP contribution is -2.41. The third-order valence-electron chi connectivity index (χ3n) is 6.80. The standard InChI is InChI=1S/C31H29FN4O4/c1-19(32)18-36-20(2)30(27(37)16-26(36)21-7-5-4-6-8-21)31(38)35-29-12-10-23(17-34-29)40-28-13-14-33-25-15-22(39-3)9-11-24(25)28/h4-15,17,19,26H,16,18H2,1-3H3,(H,34,35,38)/t19-,26?/m0/s1. The Morgan fingerprint density at radius 3 is 2.58 bits per heavy atom. The number of pyridine rings is 2. The third kappa shape index (κ3) is 5.63. The van der Waals surface area contributed by atoms with Crippen molar-refractivity contribution in [2.24, 2.45) is 0 Å². The molecule has 0 radical (unpaired) electrons. The van der Waals surface area contributed by atoms with Crippen LogP contribution in [0.25, 0.3) is 10.9 Å². The predicted molar refractivity (Wildman–Crippen MR) is 150 cm³/mol. The number of hydrogen-bond acceptors (Lipinski definition) is 7. The van der Waals surface area contributed by atoms with E-state index in [1.54, 1.807) is 43.3 Å². The highest BCUT2D eigenvalue weighted by Gasteiger charge is 2.36. The van der Waals surface area contributed by atoms with Gasteiger partial charge in [0.1, 0.15) is 34.8 Å². The second-order valence-corrected chi connectivity index (χ2v) is 9.57. The number of aromatic nitrogens is 2. The predicted octanol–water partition coefficient (Wildman–Crippen LogP) is 6.02. The summed E-state index contributed by atoms with van der Waals surface area (Å²) < 4.78 is 25.4. The summed E-state index contributed by atoms with van der Waals surface area (Å²) in [5, 5.41) is 3.51. The Bertz CT molecular complexity index is 1570. The average Bonchev–Trinajstić information content (AvgIpc) is 2.95. The number of ketones is 1. The molecule has 0 aliphatic carbocycles. The summed E-state index contributed by atoms with van der Waals surface area (Å²) in [7, 11) is 1.59. The van der Waals surface area contributed by atoms with Crippen LogP contribution in [-0.2, 0) is 9.59 Å². The molecule has 1 amide bonds. The maximum Gasteiger partial charge on any atom is 0.262 e. The number of nitrogens with zero attached hydrogens (tertiary/aromatic N) is 3. The SMILES string of the molecule is COc1ccc2c(Oc3ccc(NC(=O)C4=C(C)N(C[C@H](C)F)C(c5ccccc5)CC4=O)nc3)ccnc2c1. The van der Waals surface area contributed by atoms with Crippen LogP contribution in [0.5, 0.6) is 17.2 Å². The first kappa shape index (κ1) is 26.8. The monoisotopic (exact) mass is 540 g/mol. The largest absolute Gasteiger partial charge is 0.497 e. The second-order valence-electron chi connectivity index (χ2n) is 9.57. The van der Waals surface area contributed by atoms with Crippen molar-refractivity contribution in [3.63, 3.8) is 0 Å². The Kier molecular flexibility index (Phi) is 7.72. The summed E-state index contributed by atoms with van der Waals surface area (Å²) in [5.74, 6) is 1.12. The third-order valence-corrected chi connectivity index (χ3v) is 6.80. The molecular weight excluding hydrogens is 511 g/mol. The number of amides is 1. The summed E-state index contributed by atoms with van der Waals surface area (Å²) in [6.07, 6.45) is 2.05. The Hall–Kier alpha value is -4.79. The molecule has 1 aliphatic heterocycles. The van der Waals surface area contributed by atoms with Crippen molar-refractivity contribution >= 4 is 28.4 Å². The molecule has 1 N–H and O–H groups in total. The van der Waals surface area contributed by atoms with E-state index in [0.717, 1.165) is 16.5 Å². The molecule has 40 heavy (non-hydrogen) atoms. The van der Waals surface area contributed by atoms with Gasteiger partial charge in [-0.1, -0.05) is 30.3 Å². The van der Waals surface area contributed by atoms with Crippen molar-refractivity contribution in [2.75, 3.05) is 19.0 Å². The second kappa shape index (κ2) is 11.5. The van der Waals surface area contributed by atoms with Gasteiger partial charge in [0.05, 0.1) is 24.9 Å². The lowest BCUT2D eigenvalue weighted by Gasteiger charge is -2.39. The number of fused-ring (bicyclic) bond motifs is 1. The minimum absolute atomic E-state index is 0.00800. The van der Waals surface area contributed by atoms with E-state index in [2.05, 4.69) is 15.3 Å². The quantitative estimate of drug-likeness (QED) is 0.273. The fraction of sp³-hybridized carbons (Fsp3) is 0.226. The highest BCUT2D eigenvalue weighted by atomic mass is 19.1. The molecule has 204 valence electrons. The molecule has 0 saturated carbocycles. The van der Waals surface area contributed by atoms with E-state index >= 15 is 0 Å². The van der Waals surface area contributed by atoms with Crippen molar-refractivity contribution < 1.29 is 23.5 Å². The number of anilines is 1. The molecule has 4 aromatic rings. The van der Waals surface area contributed by atoms with Crippen molar-refractivity contribution in [2.45, 2.75) is 32.5 Å². The van der Waals surface area contributed by atoms with E-state index in [1.165, 1.54) is 13.1 Å². The van der Waals surface area contributed by atoms with Crippen LogP contribution in [0, 0.1) is 0 Å². The number of ether oxygens (including phenoxy) is 2. The first-order valence-electron chi connectivity index (χ1n) is 12.9. The number of rotatable bonds is 8. The van der Waals surface area contributed by atoms with Gasteiger partial charge in [0.2, 0.25) is 0 Å². The van der Waals surface area contributed by atoms with E-state index in [0.29, 0.717) is 22.9 Å². The van der Waals surface area contributed by atoms with Crippen molar-refractivity contribution in [1.29, 1.82) is 0 Å². The van der Waals surface area contributed by atoms with Crippen molar-refractivity contribution in [3.8, 4) is 17.2 Å². The van der Waals surface area contributed by atoms with Gasteiger partial charge in [0, 0.05) is 36.3 Å². The van der Waals surface area contributed by atoms with Gasteiger partial charge >= 0.3 is 0 Å². The number of allylic oxidation sites excluding steroid dienone is 1. The molecule has 1 unspecified atom stereocenters. The number of carbonyl (C=O) groups is 2. The Morgan fingerprint density at radius 1 is 1.10 bits per heavy atom. The number of benzene rings is 2. The minimum Gasteiger partial charge on any atom is -0.497 e. The van der Waals surface area contributed by atoms with Gasteiger partial charge in [0.25, 0.3) is 5.91 Å². The Balaban J connectivity index is 1.34. The van der Waals surface area contributed by atoms with E-state index in [9.17, 15) is 14.0 Å². The topological polar surface area (TPSA) is 93.7 Å². The van der Waals surface area contributed by atoms with Crippen LogP contribution >= 0.6 is 0 Å². The molecule has 8 nitrogen and oxygen atoms in total. The normalized spacial score (nSPS) is 16.1. The zero-order chi connectivity index (χ0) is 28.2. The first-order valence-corrected chi connectivity index (χ1v) is 12.9. The van der Waals surface area contributed by atoms with Crippen LogP contribution < -0.4 is 14.8 Å². The lowest BCUT2D eigenvalue weighted by atomic mass is 9.90. The molecule has 1 aliphatic rings. The fourth-order valence-corrected chi connectivity index (χ4v) is 4.90. The van der Waals surface area contributed by atoms with Gasteiger partial charge in [-0.2, -0.15) is 0 Å². The fourth-order valence-electron chi connectivity index (χ4n) is 4.90. The molecule has 2 aromatic heterocycles. The number of halogens is 1. The number of methoxy groups -OCH3 is 1. The Morgan fingerprint density at radius 2 is 1.88 bits per heavy atom. The van der Waals surface area contributed by atoms with E-state index in [-0.39, 0.29) is 36.2 Å². The molecule has 0 saturated heterocycles. The average molecular weight is 541 g/mol. The maximum atomic E-state index is 14.2. The molecule has 5 rings (SSSR count). The summed E-state index contributed by atoms with van der Waals surface area (Å²) >= 11 is 0. The van der Waals surface area contributed by atoms with Crippen LogP contribution in [0.3, 0.4) is 0 Å². The van der Waals surface area contributed by atoms with Crippen LogP contribution in [0.4, 0.5) is 10.2 Å². The van der Waals surface area contributed by atoms with Crippen molar-refractivity contribution in [1.82, 2.24) is 14.9 Å². The summed E-state index contributed by atoms with van der Waals surface area (Å²) in [6, 6.07) is 19.6. The number of Topliss-reactive ketones (excluding diaryl/α,β-unsaturated/α-hetero) is 1.